The molecule has 1 heteroatoms. The van der Waals surface area contributed by atoms with Gasteiger partial charge in [0.25, 0.3) is 0 Å². The average molecular weight is 653 g/mol. The number of benzene rings is 9. The van der Waals surface area contributed by atoms with Crippen molar-refractivity contribution in [3.63, 3.8) is 0 Å². The van der Waals surface area contributed by atoms with Crippen LogP contribution in [-0.2, 0) is 0 Å². The maximum atomic E-state index is 8.78. The average Bonchev–Trinajstić information content (AvgIpc) is 3.63. The van der Waals surface area contributed by atoms with Crippen LogP contribution < -0.4 is 0 Å². The second-order valence-corrected chi connectivity index (χ2v) is 12.9. The van der Waals surface area contributed by atoms with Gasteiger partial charge in [0.15, 0.2) is 0 Å². The van der Waals surface area contributed by atoms with Gasteiger partial charge in [-0.05, 0) is 102 Å². The van der Waals surface area contributed by atoms with Crippen molar-refractivity contribution in [2.24, 2.45) is 0 Å². The number of hydrogen-bond donors (Lipinski definition) is 0. The molecule has 238 valence electrons. The van der Waals surface area contributed by atoms with Gasteiger partial charge in [0.1, 0.15) is 11.3 Å². The van der Waals surface area contributed by atoms with E-state index in [1.165, 1.54) is 0 Å². The molecule has 1 nitrogen and oxygen atoms in total. The van der Waals surface area contributed by atoms with Gasteiger partial charge < -0.3 is 4.42 Å². The van der Waals surface area contributed by atoms with Crippen LogP contribution in [0.25, 0.3) is 99.1 Å². The molecule has 0 unspecified atom stereocenters. The molecule has 10 aromatic rings. The fraction of sp³-hybridized carbons (Fsp3) is 0. The van der Waals surface area contributed by atoms with Gasteiger partial charge in [0.2, 0.25) is 0 Å². The summed E-state index contributed by atoms with van der Waals surface area (Å²) in [6.45, 7) is 0. The van der Waals surface area contributed by atoms with Crippen molar-refractivity contribution in [3.05, 3.63) is 194 Å². The minimum Gasteiger partial charge on any atom is -0.455 e. The Kier molecular flexibility index (Phi) is 5.96. The topological polar surface area (TPSA) is 13.1 Å². The summed E-state index contributed by atoms with van der Waals surface area (Å²) in [5.74, 6) is 0.711. The van der Waals surface area contributed by atoms with Crippen LogP contribution >= 0.6 is 0 Å². The van der Waals surface area contributed by atoms with E-state index in [-0.39, 0.29) is 24.2 Å². The largest absolute Gasteiger partial charge is 0.455 e. The summed E-state index contributed by atoms with van der Waals surface area (Å²) >= 11 is 0. The molecule has 0 saturated heterocycles. The smallest absolute Gasteiger partial charge is 0.144 e. The second-order valence-electron chi connectivity index (χ2n) is 12.9. The molecular weight excluding hydrogens is 617 g/mol. The molecule has 0 N–H and O–H groups in total. The van der Waals surface area contributed by atoms with Gasteiger partial charge >= 0.3 is 0 Å². The van der Waals surface area contributed by atoms with Crippen LogP contribution in [0.1, 0.15) is 5.48 Å². The lowest BCUT2D eigenvalue weighted by Gasteiger charge is -2.19. The van der Waals surface area contributed by atoms with Crippen molar-refractivity contribution in [1.29, 1.82) is 0 Å². The van der Waals surface area contributed by atoms with Gasteiger partial charge in [-0.3, -0.25) is 0 Å². The predicted molar refractivity (Wildman–Crippen MR) is 216 cm³/mol. The molecule has 0 spiro atoms. The van der Waals surface area contributed by atoms with Crippen molar-refractivity contribution in [3.8, 4) is 55.8 Å². The van der Waals surface area contributed by atoms with Crippen molar-refractivity contribution >= 4 is 43.3 Å². The lowest BCUT2D eigenvalue weighted by Crippen LogP contribution is -1.92. The minimum atomic E-state index is -0.244. The van der Waals surface area contributed by atoms with E-state index in [1.807, 2.05) is 42.5 Å². The summed E-state index contributed by atoms with van der Waals surface area (Å²) in [5, 5.41) is 6.17. The first-order chi connectivity index (χ1) is 27.0. The Labute approximate surface area is 302 Å². The fourth-order valence-electron chi connectivity index (χ4n) is 7.67. The van der Waals surface area contributed by atoms with E-state index in [9.17, 15) is 0 Å². The van der Waals surface area contributed by atoms with E-state index in [1.54, 1.807) is 6.07 Å². The maximum Gasteiger partial charge on any atom is 0.144 e. The summed E-state index contributed by atoms with van der Waals surface area (Å²) in [5.41, 5.74) is 10.3. The van der Waals surface area contributed by atoms with E-state index in [2.05, 4.69) is 121 Å². The first-order valence-corrected chi connectivity index (χ1v) is 17.2. The van der Waals surface area contributed by atoms with Gasteiger partial charge in [-0.2, -0.15) is 0 Å². The van der Waals surface area contributed by atoms with Crippen LogP contribution in [0.4, 0.5) is 0 Å². The van der Waals surface area contributed by atoms with Crippen molar-refractivity contribution < 1.29 is 9.90 Å². The zero-order valence-corrected chi connectivity index (χ0v) is 27.6. The molecular formula is C50H32O. The van der Waals surface area contributed by atoms with Gasteiger partial charge in [-0.15, -0.1) is 0 Å². The Hall–Kier alpha value is -6.70. The molecule has 1 heterocycles. The Morgan fingerprint density at radius 2 is 0.824 bits per heavy atom. The third kappa shape index (κ3) is 4.94. The lowest BCUT2D eigenvalue weighted by atomic mass is 9.84. The first kappa shape index (κ1) is 25.3. The van der Waals surface area contributed by atoms with Crippen molar-refractivity contribution in [1.82, 2.24) is 0 Å². The van der Waals surface area contributed by atoms with E-state index in [0.29, 0.717) is 16.5 Å². The van der Waals surface area contributed by atoms with Crippen LogP contribution in [0, 0.1) is 0 Å². The summed E-state index contributed by atoms with van der Waals surface area (Å²) in [7, 11) is 0. The normalized spacial score (nSPS) is 12.6. The third-order valence-corrected chi connectivity index (χ3v) is 9.96. The van der Waals surface area contributed by atoms with Crippen LogP contribution in [-0.4, -0.2) is 0 Å². The van der Waals surface area contributed by atoms with Crippen LogP contribution in [0.15, 0.2) is 198 Å². The Morgan fingerprint density at radius 1 is 0.333 bits per heavy atom. The van der Waals surface area contributed by atoms with E-state index >= 15 is 0 Å². The number of hydrogen-bond acceptors (Lipinski definition) is 1. The predicted octanol–water partition coefficient (Wildman–Crippen LogP) is 14.2. The summed E-state index contributed by atoms with van der Waals surface area (Å²) < 4.78 is 40.9. The molecule has 0 bridgehead atoms. The highest BCUT2D eigenvalue weighted by atomic mass is 16.3. The number of furan rings is 1. The van der Waals surface area contributed by atoms with Crippen molar-refractivity contribution in [2.75, 3.05) is 0 Å². The molecule has 0 radical (unpaired) electrons. The molecule has 0 atom stereocenters. The maximum absolute atomic E-state index is 8.78. The molecule has 1 aromatic heterocycles. The van der Waals surface area contributed by atoms with E-state index < -0.39 is 0 Å². The first-order valence-electron chi connectivity index (χ1n) is 19.2. The molecule has 0 aliphatic heterocycles. The zero-order chi connectivity index (χ0) is 37.2. The van der Waals surface area contributed by atoms with Crippen molar-refractivity contribution in [2.45, 2.75) is 0 Å². The molecule has 0 amide bonds. The van der Waals surface area contributed by atoms with Gasteiger partial charge in [0.05, 0.1) is 5.48 Å². The minimum absolute atomic E-state index is 0.0424. The standard InChI is InChI=1S/C50H32O/c1-3-15-33(16-4-1)38-30-39(34-17-5-2-6-18-34)32-40(31-38)47-41-21-9-11-23-43(41)49(44-24-12-10-22-42(44)47)50-48(45-25-13-14-26-46(45)51-50)37-28-27-35-19-7-8-20-36(35)29-37/h1-32H/i7D,8D,19D,20D. The molecule has 9 aromatic carbocycles. The highest BCUT2D eigenvalue weighted by molar-refractivity contribution is 6.23. The fourth-order valence-corrected chi connectivity index (χ4v) is 7.67. The zero-order valence-electron chi connectivity index (χ0n) is 31.6. The molecule has 0 saturated carbocycles. The molecule has 0 aliphatic carbocycles. The van der Waals surface area contributed by atoms with Gasteiger partial charge in [-0.25, -0.2) is 0 Å². The quantitative estimate of drug-likeness (QED) is 0.169. The molecule has 10 rings (SSSR count). The van der Waals surface area contributed by atoms with Gasteiger partial charge in [0, 0.05) is 16.5 Å². The SMILES string of the molecule is [2H]c1c([2H])c([2H])c2cc(-c3c(-c4c5ccccc5c(-c5cc(-c6ccccc6)cc(-c6ccccc6)c5)c5ccccc45)oc4ccccc34)ccc2c1[2H]. The summed E-state index contributed by atoms with van der Waals surface area (Å²) in [6, 6.07) is 58.1. The van der Waals surface area contributed by atoms with E-state index in [4.69, 9.17) is 9.90 Å². The number of fused-ring (bicyclic) bond motifs is 4. The Balaban J connectivity index is 1.29. The Bertz CT molecular complexity index is 3010. The lowest BCUT2D eigenvalue weighted by molar-refractivity contribution is 0.634. The number of rotatable bonds is 5. The van der Waals surface area contributed by atoms with Crippen LogP contribution in [0.2, 0.25) is 0 Å². The monoisotopic (exact) mass is 652 g/mol. The number of para-hydroxylation sites is 1. The third-order valence-electron chi connectivity index (χ3n) is 9.96. The Morgan fingerprint density at radius 3 is 1.43 bits per heavy atom. The van der Waals surface area contributed by atoms with E-state index in [0.717, 1.165) is 82.6 Å². The van der Waals surface area contributed by atoms with Gasteiger partial charge in [-0.1, -0.05) is 164 Å². The highest BCUT2D eigenvalue weighted by Crippen LogP contribution is 2.49. The van der Waals surface area contributed by atoms with Crippen LogP contribution in [0.3, 0.4) is 0 Å². The highest BCUT2D eigenvalue weighted by Gasteiger charge is 2.24. The summed E-state index contributed by atoms with van der Waals surface area (Å²) in [6.07, 6.45) is 0. The van der Waals surface area contributed by atoms with Crippen LogP contribution in [0.5, 0.6) is 0 Å². The molecule has 0 fully saturated rings. The molecule has 0 aliphatic rings. The molecule has 51 heavy (non-hydrogen) atoms. The summed E-state index contributed by atoms with van der Waals surface area (Å²) in [4.78, 5) is 0. The second kappa shape index (κ2) is 12.0.